The molecule has 0 atom stereocenters. The summed E-state index contributed by atoms with van der Waals surface area (Å²) in [6.07, 6.45) is 0. The van der Waals surface area contributed by atoms with Gasteiger partial charge in [0.05, 0.1) is 28.8 Å². The Bertz CT molecular complexity index is 1250. The van der Waals surface area contributed by atoms with Crippen LogP contribution in [-0.4, -0.2) is 32.1 Å². The maximum atomic E-state index is 13.6. The Morgan fingerprint density at radius 1 is 1.30 bits per heavy atom. The SMILES string of the molecule is CCOC(=O)c1sc2nc(CSc3nc4ccccc4n3C(F)F)nc(N)c2c1C. The van der Waals surface area contributed by atoms with Gasteiger partial charge >= 0.3 is 12.5 Å². The summed E-state index contributed by atoms with van der Waals surface area (Å²) in [5.41, 5.74) is 7.63. The second-order valence-corrected chi connectivity index (χ2v) is 8.24. The van der Waals surface area contributed by atoms with Crippen molar-refractivity contribution in [1.82, 2.24) is 19.5 Å². The van der Waals surface area contributed by atoms with E-state index in [2.05, 4.69) is 15.0 Å². The average molecular weight is 450 g/mol. The Labute approximate surface area is 178 Å². The van der Waals surface area contributed by atoms with E-state index in [9.17, 15) is 13.6 Å². The first kappa shape index (κ1) is 20.5. The monoisotopic (exact) mass is 449 g/mol. The molecular weight excluding hydrogens is 432 g/mol. The molecule has 0 aliphatic rings. The molecule has 0 fully saturated rings. The Morgan fingerprint density at radius 3 is 2.80 bits per heavy atom. The number of aromatic nitrogens is 4. The normalized spacial score (nSPS) is 11.6. The van der Waals surface area contributed by atoms with Gasteiger partial charge in [0, 0.05) is 0 Å². The van der Waals surface area contributed by atoms with Gasteiger partial charge in [-0.25, -0.2) is 19.7 Å². The summed E-state index contributed by atoms with van der Waals surface area (Å²) in [5.74, 6) is 0.373. The summed E-state index contributed by atoms with van der Waals surface area (Å²) in [6.45, 7) is 1.04. The van der Waals surface area contributed by atoms with Crippen LogP contribution in [0.4, 0.5) is 14.6 Å². The number of esters is 1. The van der Waals surface area contributed by atoms with Crippen LogP contribution < -0.4 is 5.73 Å². The molecule has 0 saturated carbocycles. The summed E-state index contributed by atoms with van der Waals surface area (Å²) in [4.78, 5) is 26.2. The molecule has 4 aromatic rings. The number of anilines is 1. The lowest BCUT2D eigenvalue weighted by atomic mass is 10.2. The van der Waals surface area contributed by atoms with Crippen LogP contribution in [-0.2, 0) is 10.5 Å². The molecule has 0 radical (unpaired) electrons. The third-order valence-electron chi connectivity index (χ3n) is 4.41. The number of carbonyl (C=O) groups is 1. The Balaban J connectivity index is 1.66. The number of hydrogen-bond acceptors (Lipinski definition) is 8. The minimum absolute atomic E-state index is 0.169. The number of nitrogen functional groups attached to an aromatic ring is 1. The molecule has 0 bridgehead atoms. The van der Waals surface area contributed by atoms with Gasteiger partial charge in [0.15, 0.2) is 5.16 Å². The average Bonchev–Trinajstić information content (AvgIpc) is 3.24. The molecule has 11 heteroatoms. The van der Waals surface area contributed by atoms with Gasteiger partial charge in [0.1, 0.15) is 21.3 Å². The number of aryl methyl sites for hydroxylation is 1. The number of para-hydroxylation sites is 2. The van der Waals surface area contributed by atoms with Crippen molar-refractivity contribution in [3.05, 3.63) is 40.5 Å². The number of carbonyl (C=O) groups excluding carboxylic acids is 1. The number of imidazole rings is 1. The molecule has 3 heterocycles. The highest BCUT2D eigenvalue weighted by Gasteiger charge is 2.22. The Morgan fingerprint density at radius 2 is 2.07 bits per heavy atom. The van der Waals surface area contributed by atoms with Crippen LogP contribution in [0.25, 0.3) is 21.3 Å². The van der Waals surface area contributed by atoms with Crippen molar-refractivity contribution in [2.75, 3.05) is 12.3 Å². The molecule has 0 aliphatic heterocycles. The zero-order valence-electron chi connectivity index (χ0n) is 16.1. The molecule has 0 unspecified atom stereocenters. The zero-order valence-corrected chi connectivity index (χ0v) is 17.7. The number of fused-ring (bicyclic) bond motifs is 2. The second-order valence-electron chi connectivity index (χ2n) is 6.30. The van der Waals surface area contributed by atoms with Crippen molar-refractivity contribution < 1.29 is 18.3 Å². The van der Waals surface area contributed by atoms with E-state index in [1.54, 1.807) is 38.1 Å². The number of hydrogen-bond donors (Lipinski definition) is 1. The van der Waals surface area contributed by atoms with Gasteiger partial charge < -0.3 is 10.5 Å². The van der Waals surface area contributed by atoms with E-state index in [0.717, 1.165) is 16.3 Å². The summed E-state index contributed by atoms with van der Waals surface area (Å²) in [6, 6.07) is 6.72. The van der Waals surface area contributed by atoms with Crippen LogP contribution in [0.1, 0.15) is 34.5 Å². The van der Waals surface area contributed by atoms with E-state index in [-0.39, 0.29) is 23.3 Å². The molecular formula is C19H17F2N5O2S2. The molecule has 0 aliphatic carbocycles. The van der Waals surface area contributed by atoms with E-state index in [1.165, 1.54) is 11.3 Å². The number of thioether (sulfide) groups is 1. The molecule has 3 aromatic heterocycles. The third-order valence-corrected chi connectivity index (χ3v) is 6.53. The van der Waals surface area contributed by atoms with Crippen LogP contribution in [0.2, 0.25) is 0 Å². The predicted molar refractivity (Wildman–Crippen MR) is 113 cm³/mol. The molecule has 7 nitrogen and oxygen atoms in total. The van der Waals surface area contributed by atoms with Gasteiger partial charge in [-0.2, -0.15) is 8.78 Å². The van der Waals surface area contributed by atoms with Gasteiger partial charge in [-0.1, -0.05) is 23.9 Å². The molecule has 156 valence electrons. The Kier molecular flexibility index (Phi) is 5.56. The molecule has 0 amide bonds. The maximum absolute atomic E-state index is 13.6. The number of benzene rings is 1. The first-order chi connectivity index (χ1) is 14.4. The number of nitrogens with zero attached hydrogens (tertiary/aromatic N) is 4. The summed E-state index contributed by atoms with van der Waals surface area (Å²) < 4.78 is 33.1. The van der Waals surface area contributed by atoms with Crippen molar-refractivity contribution >= 4 is 56.1 Å². The van der Waals surface area contributed by atoms with Gasteiger partial charge in [-0.05, 0) is 31.5 Å². The number of ether oxygens (including phenoxy) is 1. The molecule has 1 aromatic carbocycles. The van der Waals surface area contributed by atoms with E-state index in [1.807, 2.05) is 0 Å². The van der Waals surface area contributed by atoms with Crippen LogP contribution in [0.15, 0.2) is 29.4 Å². The Hall–Kier alpha value is -2.79. The first-order valence-electron chi connectivity index (χ1n) is 9.01. The van der Waals surface area contributed by atoms with Gasteiger partial charge in [-0.3, -0.25) is 4.57 Å². The van der Waals surface area contributed by atoms with E-state index in [4.69, 9.17) is 10.5 Å². The van der Waals surface area contributed by atoms with E-state index >= 15 is 0 Å². The van der Waals surface area contributed by atoms with Crippen LogP contribution in [0, 0.1) is 6.92 Å². The number of rotatable bonds is 6. The lowest BCUT2D eigenvalue weighted by Crippen LogP contribution is -2.04. The molecule has 30 heavy (non-hydrogen) atoms. The minimum Gasteiger partial charge on any atom is -0.462 e. The lowest BCUT2D eigenvalue weighted by Gasteiger charge is -2.07. The zero-order chi connectivity index (χ0) is 21.4. The smallest absolute Gasteiger partial charge is 0.348 e. The maximum Gasteiger partial charge on any atom is 0.348 e. The van der Waals surface area contributed by atoms with Crippen molar-refractivity contribution in [2.45, 2.75) is 31.3 Å². The van der Waals surface area contributed by atoms with E-state index in [0.29, 0.717) is 37.5 Å². The third kappa shape index (κ3) is 3.58. The van der Waals surface area contributed by atoms with Crippen molar-refractivity contribution in [3.63, 3.8) is 0 Å². The van der Waals surface area contributed by atoms with Crippen LogP contribution in [0.3, 0.4) is 0 Å². The molecule has 0 spiro atoms. The highest BCUT2D eigenvalue weighted by Crippen LogP contribution is 2.35. The number of nitrogens with two attached hydrogens (primary N) is 1. The van der Waals surface area contributed by atoms with Crippen molar-refractivity contribution in [3.8, 4) is 0 Å². The van der Waals surface area contributed by atoms with Crippen LogP contribution in [0.5, 0.6) is 0 Å². The summed E-state index contributed by atoms with van der Waals surface area (Å²) >= 11 is 2.28. The number of halogens is 2. The number of thiophene rings is 1. The second kappa shape index (κ2) is 8.15. The summed E-state index contributed by atoms with van der Waals surface area (Å²) in [5, 5.41) is 0.777. The molecule has 0 saturated heterocycles. The van der Waals surface area contributed by atoms with Crippen molar-refractivity contribution in [1.29, 1.82) is 0 Å². The van der Waals surface area contributed by atoms with Crippen molar-refractivity contribution in [2.24, 2.45) is 0 Å². The van der Waals surface area contributed by atoms with E-state index < -0.39 is 12.5 Å². The highest BCUT2D eigenvalue weighted by molar-refractivity contribution is 7.98. The fourth-order valence-corrected chi connectivity index (χ4v) is 5.08. The molecule has 2 N–H and O–H groups in total. The first-order valence-corrected chi connectivity index (χ1v) is 10.8. The predicted octanol–water partition coefficient (Wildman–Crippen LogP) is 4.80. The van der Waals surface area contributed by atoms with Crippen LogP contribution >= 0.6 is 23.1 Å². The molecule has 4 rings (SSSR count). The van der Waals surface area contributed by atoms with Gasteiger partial charge in [0.2, 0.25) is 0 Å². The fourth-order valence-electron chi connectivity index (χ4n) is 3.11. The van der Waals surface area contributed by atoms with Gasteiger partial charge in [0.25, 0.3) is 0 Å². The fraction of sp³-hybridized carbons (Fsp3) is 0.263. The topological polar surface area (TPSA) is 95.9 Å². The quantitative estimate of drug-likeness (QED) is 0.334. The van der Waals surface area contributed by atoms with Gasteiger partial charge in [-0.15, -0.1) is 11.3 Å². The standard InChI is InChI=1S/C19H17F2N5O2S2/c1-3-28-17(27)14-9(2)13-15(22)24-12(25-16(13)30-14)8-29-19-23-10-6-4-5-7-11(10)26(19)18(20)21/h4-7,18H,3,8H2,1-2H3,(H2,22,24,25). The highest BCUT2D eigenvalue weighted by atomic mass is 32.2. The lowest BCUT2D eigenvalue weighted by molar-refractivity contribution is 0.0531. The number of alkyl halides is 2. The largest absolute Gasteiger partial charge is 0.462 e. The summed E-state index contributed by atoms with van der Waals surface area (Å²) in [7, 11) is 0. The minimum atomic E-state index is -2.72.